The Balaban J connectivity index is 1.30. The van der Waals surface area contributed by atoms with E-state index in [0.717, 1.165) is 31.4 Å². The number of ether oxygens (including phenoxy) is 1. The normalized spacial score (nSPS) is 18.3. The number of benzene rings is 2. The molecule has 1 aliphatic rings. The summed E-state index contributed by atoms with van der Waals surface area (Å²) >= 11 is 0. The van der Waals surface area contributed by atoms with E-state index >= 15 is 0 Å². The van der Waals surface area contributed by atoms with Gasteiger partial charge in [-0.3, -0.25) is 4.90 Å². The Bertz CT molecular complexity index is 837. The van der Waals surface area contributed by atoms with Gasteiger partial charge in [0.15, 0.2) is 0 Å². The number of piperidine rings is 1. The van der Waals surface area contributed by atoms with Gasteiger partial charge in [0.1, 0.15) is 12.4 Å². The maximum Gasteiger partial charge on any atom is 0.119 e. The van der Waals surface area contributed by atoms with E-state index in [2.05, 4.69) is 77.2 Å². The molecule has 0 spiro atoms. The van der Waals surface area contributed by atoms with Crippen LogP contribution in [-0.2, 0) is 6.54 Å². The fourth-order valence-corrected chi connectivity index (χ4v) is 3.95. The highest BCUT2D eigenvalue weighted by Crippen LogP contribution is 2.19. The quantitative estimate of drug-likeness (QED) is 0.636. The molecule has 0 N–H and O–H groups in total. The van der Waals surface area contributed by atoms with Gasteiger partial charge in [-0.2, -0.15) is 0 Å². The van der Waals surface area contributed by atoms with Gasteiger partial charge in [0, 0.05) is 31.3 Å². The van der Waals surface area contributed by atoms with E-state index in [-0.39, 0.29) is 0 Å². The van der Waals surface area contributed by atoms with Crippen LogP contribution in [0.4, 0.5) is 0 Å². The number of para-hydroxylation sites is 1. The topological polar surface area (TPSA) is 17.4 Å². The highest BCUT2D eigenvalue weighted by atomic mass is 16.5. The largest absolute Gasteiger partial charge is 0.492 e. The molecular weight excluding hydrogens is 320 g/mol. The summed E-state index contributed by atoms with van der Waals surface area (Å²) in [6.45, 7) is 7.47. The lowest BCUT2D eigenvalue weighted by Crippen LogP contribution is -2.37. The van der Waals surface area contributed by atoms with Gasteiger partial charge in [-0.25, -0.2) is 0 Å². The van der Waals surface area contributed by atoms with E-state index in [9.17, 15) is 0 Å². The molecular formula is C23H28N2O. The Labute approximate surface area is 156 Å². The van der Waals surface area contributed by atoms with Crippen LogP contribution in [0.5, 0.6) is 5.75 Å². The molecule has 4 rings (SSSR count). The molecule has 0 bridgehead atoms. The van der Waals surface area contributed by atoms with Crippen LogP contribution in [0.1, 0.15) is 25.3 Å². The minimum Gasteiger partial charge on any atom is -0.492 e. The molecule has 1 unspecified atom stereocenters. The molecule has 0 amide bonds. The summed E-state index contributed by atoms with van der Waals surface area (Å²) < 4.78 is 8.25. The molecule has 3 nitrogen and oxygen atoms in total. The molecule has 1 aliphatic heterocycles. The van der Waals surface area contributed by atoms with E-state index in [1.165, 1.54) is 42.4 Å². The van der Waals surface area contributed by atoms with E-state index < -0.39 is 0 Å². The molecule has 136 valence electrons. The third-order valence-corrected chi connectivity index (χ3v) is 5.37. The van der Waals surface area contributed by atoms with Gasteiger partial charge in [-0.05, 0) is 60.5 Å². The SMILES string of the molecule is CC1CCCN(CCOc2ccc(Cn3ccc4ccccc43)cc2)C1. The summed E-state index contributed by atoms with van der Waals surface area (Å²) in [7, 11) is 0. The summed E-state index contributed by atoms with van der Waals surface area (Å²) in [5, 5.41) is 1.29. The molecule has 3 heteroatoms. The Morgan fingerprint density at radius 3 is 2.73 bits per heavy atom. The second kappa shape index (κ2) is 7.96. The van der Waals surface area contributed by atoms with Gasteiger partial charge in [-0.15, -0.1) is 0 Å². The molecule has 1 saturated heterocycles. The third-order valence-electron chi connectivity index (χ3n) is 5.37. The molecule has 0 aliphatic carbocycles. The Morgan fingerprint density at radius 1 is 1.04 bits per heavy atom. The van der Waals surface area contributed by atoms with E-state index in [1.54, 1.807) is 0 Å². The van der Waals surface area contributed by atoms with Crippen molar-refractivity contribution in [2.45, 2.75) is 26.3 Å². The number of likely N-dealkylation sites (tertiary alicyclic amines) is 1. The lowest BCUT2D eigenvalue weighted by molar-refractivity contribution is 0.153. The highest BCUT2D eigenvalue weighted by molar-refractivity contribution is 5.80. The Kier molecular flexibility index (Phi) is 5.26. The first kappa shape index (κ1) is 17.2. The zero-order chi connectivity index (χ0) is 17.8. The summed E-state index contributed by atoms with van der Waals surface area (Å²) in [5.74, 6) is 1.80. The molecule has 0 radical (unpaired) electrons. The first-order chi connectivity index (χ1) is 12.8. The van der Waals surface area contributed by atoms with Gasteiger partial charge < -0.3 is 9.30 Å². The molecule has 1 fully saturated rings. The van der Waals surface area contributed by atoms with E-state index in [1.807, 2.05) is 0 Å². The van der Waals surface area contributed by atoms with Gasteiger partial charge in [0.25, 0.3) is 0 Å². The predicted octanol–water partition coefficient (Wildman–Crippen LogP) is 4.80. The zero-order valence-electron chi connectivity index (χ0n) is 15.6. The standard InChI is InChI=1S/C23H28N2O/c1-19-5-4-13-24(17-19)15-16-26-22-10-8-20(9-11-22)18-25-14-12-21-6-2-3-7-23(21)25/h2-3,6-12,14,19H,4-5,13,15-18H2,1H3. The fraction of sp³-hybridized carbons (Fsp3) is 0.391. The summed E-state index contributed by atoms with van der Waals surface area (Å²) in [6, 6.07) is 19.2. The van der Waals surface area contributed by atoms with Crippen molar-refractivity contribution in [2.24, 2.45) is 5.92 Å². The van der Waals surface area contributed by atoms with Crippen molar-refractivity contribution >= 4 is 10.9 Å². The van der Waals surface area contributed by atoms with E-state index in [4.69, 9.17) is 4.74 Å². The van der Waals surface area contributed by atoms with Crippen molar-refractivity contribution in [3.63, 3.8) is 0 Å². The number of hydrogen-bond donors (Lipinski definition) is 0. The number of aromatic nitrogens is 1. The van der Waals surface area contributed by atoms with Gasteiger partial charge >= 0.3 is 0 Å². The molecule has 1 atom stereocenters. The maximum absolute atomic E-state index is 5.96. The van der Waals surface area contributed by atoms with Crippen LogP contribution in [0.15, 0.2) is 60.8 Å². The second-order valence-corrected chi connectivity index (χ2v) is 7.54. The number of fused-ring (bicyclic) bond motifs is 1. The molecule has 3 aromatic rings. The van der Waals surface area contributed by atoms with Crippen molar-refractivity contribution in [3.8, 4) is 5.75 Å². The molecule has 0 saturated carbocycles. The Hall–Kier alpha value is -2.26. The van der Waals surface area contributed by atoms with Gasteiger partial charge in [0.2, 0.25) is 0 Å². The van der Waals surface area contributed by atoms with Crippen LogP contribution in [0.2, 0.25) is 0 Å². The van der Waals surface area contributed by atoms with Gasteiger partial charge in [0.05, 0.1) is 0 Å². The molecule has 26 heavy (non-hydrogen) atoms. The number of hydrogen-bond acceptors (Lipinski definition) is 2. The Morgan fingerprint density at radius 2 is 1.88 bits per heavy atom. The minimum atomic E-state index is 0.772. The van der Waals surface area contributed by atoms with Crippen LogP contribution in [0.25, 0.3) is 10.9 Å². The lowest BCUT2D eigenvalue weighted by Gasteiger charge is -2.30. The summed E-state index contributed by atoms with van der Waals surface area (Å²) in [6.07, 6.45) is 4.86. The third kappa shape index (κ3) is 4.10. The predicted molar refractivity (Wildman–Crippen MR) is 108 cm³/mol. The van der Waals surface area contributed by atoms with Crippen molar-refractivity contribution < 1.29 is 4.74 Å². The second-order valence-electron chi connectivity index (χ2n) is 7.54. The number of nitrogens with zero attached hydrogens (tertiary/aromatic N) is 2. The minimum absolute atomic E-state index is 0.772. The van der Waals surface area contributed by atoms with Crippen LogP contribution < -0.4 is 4.74 Å². The van der Waals surface area contributed by atoms with Gasteiger partial charge in [-0.1, -0.05) is 37.3 Å². The average molecular weight is 348 g/mol. The smallest absolute Gasteiger partial charge is 0.119 e. The first-order valence-corrected chi connectivity index (χ1v) is 9.76. The van der Waals surface area contributed by atoms with E-state index in [0.29, 0.717) is 0 Å². The molecule has 1 aromatic heterocycles. The molecule has 2 heterocycles. The average Bonchev–Trinajstić information content (AvgIpc) is 3.06. The summed E-state index contributed by atoms with van der Waals surface area (Å²) in [4.78, 5) is 2.53. The van der Waals surface area contributed by atoms with Crippen LogP contribution >= 0.6 is 0 Å². The fourth-order valence-electron chi connectivity index (χ4n) is 3.95. The van der Waals surface area contributed by atoms with Crippen LogP contribution in [0.3, 0.4) is 0 Å². The van der Waals surface area contributed by atoms with Crippen LogP contribution in [0, 0.1) is 5.92 Å². The summed E-state index contributed by atoms with van der Waals surface area (Å²) in [5.41, 5.74) is 2.58. The lowest BCUT2D eigenvalue weighted by atomic mass is 10.0. The first-order valence-electron chi connectivity index (χ1n) is 9.76. The molecule has 2 aromatic carbocycles. The zero-order valence-corrected chi connectivity index (χ0v) is 15.6. The van der Waals surface area contributed by atoms with Crippen molar-refractivity contribution in [3.05, 3.63) is 66.4 Å². The monoisotopic (exact) mass is 348 g/mol. The van der Waals surface area contributed by atoms with Crippen molar-refractivity contribution in [1.29, 1.82) is 0 Å². The highest BCUT2D eigenvalue weighted by Gasteiger charge is 2.15. The maximum atomic E-state index is 5.96. The van der Waals surface area contributed by atoms with Crippen molar-refractivity contribution in [2.75, 3.05) is 26.2 Å². The van der Waals surface area contributed by atoms with Crippen molar-refractivity contribution in [1.82, 2.24) is 9.47 Å². The van der Waals surface area contributed by atoms with Crippen LogP contribution in [-0.4, -0.2) is 35.7 Å². The number of rotatable bonds is 6.